The Labute approximate surface area is 85.3 Å². The molecule has 14 heavy (non-hydrogen) atoms. The number of aliphatic carboxylic acids is 1. The zero-order chi connectivity index (χ0) is 11.6. The zero-order valence-corrected chi connectivity index (χ0v) is 9.59. The molecule has 4 heteroatoms. The van der Waals surface area contributed by atoms with Crippen molar-refractivity contribution >= 4 is 5.97 Å². The van der Waals surface area contributed by atoms with Crippen LogP contribution >= 0.6 is 0 Å². The van der Waals surface area contributed by atoms with Crippen molar-refractivity contribution in [2.45, 2.75) is 58.2 Å². The lowest BCUT2D eigenvalue weighted by Gasteiger charge is -2.40. The Morgan fingerprint density at radius 3 is 2.07 bits per heavy atom. The van der Waals surface area contributed by atoms with Crippen molar-refractivity contribution < 1.29 is 15.0 Å². The summed E-state index contributed by atoms with van der Waals surface area (Å²) in [6.07, 6.45) is 0.0551. The summed E-state index contributed by atoms with van der Waals surface area (Å²) in [5.74, 6) is -0.837. The van der Waals surface area contributed by atoms with Crippen LogP contribution in [0.3, 0.4) is 0 Å². The van der Waals surface area contributed by atoms with E-state index in [-0.39, 0.29) is 12.5 Å². The first-order valence-electron chi connectivity index (χ1n) is 4.78. The van der Waals surface area contributed by atoms with Crippen LogP contribution in [-0.4, -0.2) is 33.4 Å². The van der Waals surface area contributed by atoms with Crippen LogP contribution in [0.15, 0.2) is 0 Å². The van der Waals surface area contributed by atoms with Gasteiger partial charge < -0.3 is 15.5 Å². The van der Waals surface area contributed by atoms with Gasteiger partial charge in [0.2, 0.25) is 0 Å². The lowest BCUT2D eigenvalue weighted by Crippen LogP contribution is -2.58. The molecule has 0 aromatic rings. The molecule has 0 saturated carbocycles. The summed E-state index contributed by atoms with van der Waals surface area (Å²) in [6, 6.07) is -0.158. The maximum Gasteiger partial charge on any atom is 0.304 e. The monoisotopic (exact) mass is 203 g/mol. The van der Waals surface area contributed by atoms with Gasteiger partial charge >= 0.3 is 5.97 Å². The van der Waals surface area contributed by atoms with Crippen molar-refractivity contribution in [1.82, 2.24) is 5.32 Å². The summed E-state index contributed by atoms with van der Waals surface area (Å²) >= 11 is 0. The molecule has 0 heterocycles. The molecule has 0 rings (SSSR count). The van der Waals surface area contributed by atoms with Crippen LogP contribution < -0.4 is 5.32 Å². The third kappa shape index (κ3) is 4.07. The Hall–Kier alpha value is -0.610. The Kier molecular flexibility index (Phi) is 4.09. The van der Waals surface area contributed by atoms with Crippen LogP contribution in [0.4, 0.5) is 0 Å². The maximum absolute atomic E-state index is 10.4. The van der Waals surface area contributed by atoms with Crippen molar-refractivity contribution in [2.75, 3.05) is 0 Å². The summed E-state index contributed by atoms with van der Waals surface area (Å²) in [7, 11) is 0. The van der Waals surface area contributed by atoms with Crippen LogP contribution in [-0.2, 0) is 4.79 Å². The zero-order valence-electron chi connectivity index (χ0n) is 9.59. The van der Waals surface area contributed by atoms with Crippen molar-refractivity contribution in [3.05, 3.63) is 0 Å². The number of aliphatic hydroxyl groups is 1. The van der Waals surface area contributed by atoms with E-state index in [0.717, 1.165) is 0 Å². The minimum atomic E-state index is -0.889. The average Bonchev–Trinajstić information content (AvgIpc) is 1.79. The molecule has 0 aromatic heterocycles. The molecule has 0 amide bonds. The third-order valence-electron chi connectivity index (χ3n) is 2.62. The van der Waals surface area contributed by atoms with Crippen LogP contribution in [0.5, 0.6) is 0 Å². The van der Waals surface area contributed by atoms with E-state index in [2.05, 4.69) is 5.32 Å². The highest BCUT2D eigenvalue weighted by molar-refractivity contribution is 5.67. The Balaban J connectivity index is 4.29. The van der Waals surface area contributed by atoms with Gasteiger partial charge in [-0.3, -0.25) is 4.79 Å². The molecule has 0 bridgehead atoms. The summed E-state index contributed by atoms with van der Waals surface area (Å²) < 4.78 is 0. The fourth-order valence-corrected chi connectivity index (χ4v) is 1.11. The van der Waals surface area contributed by atoms with Crippen LogP contribution in [0.1, 0.15) is 41.0 Å². The second kappa shape index (κ2) is 4.28. The van der Waals surface area contributed by atoms with Crippen LogP contribution in [0.2, 0.25) is 0 Å². The van der Waals surface area contributed by atoms with E-state index in [1.807, 2.05) is 13.8 Å². The summed E-state index contributed by atoms with van der Waals surface area (Å²) in [5, 5.41) is 21.5. The van der Waals surface area contributed by atoms with E-state index in [4.69, 9.17) is 5.11 Å². The highest BCUT2D eigenvalue weighted by Crippen LogP contribution is 2.21. The molecule has 0 aliphatic rings. The van der Waals surface area contributed by atoms with Gasteiger partial charge in [-0.2, -0.15) is 0 Å². The standard InChI is InChI=1S/C10H21NO3/c1-7(6-8(12)13)11-9(2,3)10(4,5)14/h7,11,14H,6H2,1-5H3,(H,12,13). The summed E-state index contributed by atoms with van der Waals surface area (Å²) in [5.41, 5.74) is -1.40. The van der Waals surface area contributed by atoms with Crippen molar-refractivity contribution in [3.63, 3.8) is 0 Å². The fourth-order valence-electron chi connectivity index (χ4n) is 1.11. The molecule has 0 fully saturated rings. The summed E-state index contributed by atoms with van der Waals surface area (Å²) in [4.78, 5) is 10.4. The molecule has 1 atom stereocenters. The highest BCUT2D eigenvalue weighted by atomic mass is 16.4. The van der Waals surface area contributed by atoms with Gasteiger partial charge in [-0.1, -0.05) is 0 Å². The number of carboxylic acids is 1. The Morgan fingerprint density at radius 2 is 1.79 bits per heavy atom. The highest BCUT2D eigenvalue weighted by Gasteiger charge is 2.35. The predicted octanol–water partition coefficient (Wildman–Crippen LogP) is 0.989. The molecule has 0 aliphatic carbocycles. The lowest BCUT2D eigenvalue weighted by molar-refractivity contribution is -0.137. The van der Waals surface area contributed by atoms with Crippen LogP contribution in [0, 0.1) is 0 Å². The van der Waals surface area contributed by atoms with Gasteiger partial charge in [-0.15, -0.1) is 0 Å². The molecule has 3 N–H and O–H groups in total. The van der Waals surface area contributed by atoms with Gasteiger partial charge in [0.05, 0.1) is 12.0 Å². The molecule has 0 radical (unpaired) electrons. The normalized spacial score (nSPS) is 15.3. The fraction of sp³-hybridized carbons (Fsp3) is 0.900. The van der Waals surface area contributed by atoms with Gasteiger partial charge in [0.1, 0.15) is 0 Å². The van der Waals surface area contributed by atoms with E-state index >= 15 is 0 Å². The Morgan fingerprint density at radius 1 is 1.36 bits per heavy atom. The number of hydrogen-bond acceptors (Lipinski definition) is 3. The van der Waals surface area contributed by atoms with E-state index in [1.54, 1.807) is 20.8 Å². The smallest absolute Gasteiger partial charge is 0.304 e. The summed E-state index contributed by atoms with van der Waals surface area (Å²) in [6.45, 7) is 8.90. The van der Waals surface area contributed by atoms with E-state index in [1.165, 1.54) is 0 Å². The number of hydrogen-bond donors (Lipinski definition) is 3. The minimum absolute atomic E-state index is 0.0551. The first-order valence-corrected chi connectivity index (χ1v) is 4.78. The molecule has 0 aliphatic heterocycles. The van der Waals surface area contributed by atoms with Gasteiger partial charge in [0.15, 0.2) is 0 Å². The Bertz CT molecular complexity index is 206. The van der Waals surface area contributed by atoms with Crippen LogP contribution in [0.25, 0.3) is 0 Å². The second-order valence-electron chi connectivity index (χ2n) is 4.83. The molecule has 0 aromatic carbocycles. The first kappa shape index (κ1) is 13.4. The van der Waals surface area contributed by atoms with Crippen molar-refractivity contribution in [2.24, 2.45) is 0 Å². The molecule has 1 unspecified atom stereocenters. The van der Waals surface area contributed by atoms with Gasteiger partial charge in [0, 0.05) is 11.6 Å². The van der Waals surface area contributed by atoms with Crippen molar-refractivity contribution in [1.29, 1.82) is 0 Å². The number of nitrogens with one attached hydrogen (secondary N) is 1. The number of carbonyl (C=O) groups is 1. The third-order valence-corrected chi connectivity index (χ3v) is 2.62. The predicted molar refractivity (Wildman–Crippen MR) is 55.2 cm³/mol. The van der Waals surface area contributed by atoms with Gasteiger partial charge in [-0.05, 0) is 34.6 Å². The van der Waals surface area contributed by atoms with E-state index in [9.17, 15) is 9.90 Å². The molecule has 84 valence electrons. The second-order valence-corrected chi connectivity index (χ2v) is 4.83. The lowest BCUT2D eigenvalue weighted by atomic mass is 9.85. The molecular formula is C10H21NO3. The SMILES string of the molecule is CC(CC(=O)O)NC(C)(C)C(C)(C)O. The van der Waals surface area contributed by atoms with Crippen molar-refractivity contribution in [3.8, 4) is 0 Å². The van der Waals surface area contributed by atoms with Gasteiger partial charge in [-0.25, -0.2) is 0 Å². The van der Waals surface area contributed by atoms with Gasteiger partial charge in [0.25, 0.3) is 0 Å². The molecule has 0 saturated heterocycles. The number of rotatable bonds is 5. The average molecular weight is 203 g/mol. The van der Waals surface area contributed by atoms with E-state index < -0.39 is 17.1 Å². The van der Waals surface area contributed by atoms with E-state index in [0.29, 0.717) is 0 Å². The minimum Gasteiger partial charge on any atom is -0.481 e. The largest absolute Gasteiger partial charge is 0.481 e. The molecule has 4 nitrogen and oxygen atoms in total. The quantitative estimate of drug-likeness (QED) is 0.623. The molecular weight excluding hydrogens is 182 g/mol. The topological polar surface area (TPSA) is 69.6 Å². The first-order chi connectivity index (χ1) is 6.06. The number of carboxylic acid groups (broad SMARTS) is 1. The maximum atomic E-state index is 10.4. The molecule has 0 spiro atoms.